The zero-order valence-electron chi connectivity index (χ0n) is 13.7. The van der Waals surface area contributed by atoms with Crippen LogP contribution in [0.25, 0.3) is 10.9 Å². The zero-order chi connectivity index (χ0) is 17.1. The highest BCUT2D eigenvalue weighted by atomic mass is 16.2. The molecule has 24 heavy (non-hydrogen) atoms. The van der Waals surface area contributed by atoms with Crippen LogP contribution >= 0.6 is 0 Å². The van der Waals surface area contributed by atoms with Crippen LogP contribution in [0.4, 0.5) is 5.69 Å². The first-order chi connectivity index (χ1) is 11.5. The number of nitrogens with zero attached hydrogens (tertiary/aromatic N) is 2. The van der Waals surface area contributed by atoms with Gasteiger partial charge in [0, 0.05) is 37.4 Å². The Bertz CT molecular complexity index is 891. The van der Waals surface area contributed by atoms with E-state index in [9.17, 15) is 9.59 Å². The fraction of sp³-hybridized carbons (Fsp3) is 0.222. The highest BCUT2D eigenvalue weighted by Gasteiger charge is 2.09. The number of hydrogen-bond acceptors (Lipinski definition) is 2. The van der Waals surface area contributed by atoms with Crippen molar-refractivity contribution in [1.29, 1.82) is 0 Å². The molecule has 6 heteroatoms. The summed E-state index contributed by atoms with van der Waals surface area (Å²) in [5.74, 6) is -0.172. The van der Waals surface area contributed by atoms with Crippen LogP contribution < -0.4 is 10.6 Å². The first kappa shape index (κ1) is 15.9. The molecule has 124 valence electrons. The number of rotatable bonds is 5. The van der Waals surface area contributed by atoms with E-state index in [1.807, 2.05) is 65.0 Å². The molecule has 0 atom stereocenters. The molecule has 0 aliphatic carbocycles. The maximum absolute atomic E-state index is 12.2. The molecular formula is C18H20N4O2. The predicted molar refractivity (Wildman–Crippen MR) is 93.5 cm³/mol. The summed E-state index contributed by atoms with van der Waals surface area (Å²) in [5, 5.41) is 6.65. The number of aromatic nitrogens is 2. The van der Waals surface area contributed by atoms with Crippen molar-refractivity contribution in [2.24, 2.45) is 7.05 Å². The normalized spacial score (nSPS) is 10.8. The van der Waals surface area contributed by atoms with Gasteiger partial charge >= 0.3 is 0 Å². The summed E-state index contributed by atoms with van der Waals surface area (Å²) in [5.41, 5.74) is 2.71. The molecule has 2 amide bonds. The molecule has 3 aromatic rings. The molecule has 0 saturated heterocycles. The summed E-state index contributed by atoms with van der Waals surface area (Å²) in [6.07, 6.45) is 3.81. The van der Waals surface area contributed by atoms with Gasteiger partial charge in [-0.25, -0.2) is 0 Å². The predicted octanol–water partition coefficient (Wildman–Crippen LogP) is 2.25. The molecule has 0 spiro atoms. The molecular weight excluding hydrogens is 304 g/mol. The Morgan fingerprint density at radius 3 is 2.62 bits per heavy atom. The number of anilines is 1. The average Bonchev–Trinajstić information content (AvgIpc) is 3.12. The van der Waals surface area contributed by atoms with Gasteiger partial charge in [-0.15, -0.1) is 0 Å². The van der Waals surface area contributed by atoms with Crippen LogP contribution in [0.15, 0.2) is 48.8 Å². The highest BCUT2D eigenvalue weighted by molar-refractivity contribution is 6.01. The van der Waals surface area contributed by atoms with Crippen LogP contribution in [0.2, 0.25) is 0 Å². The molecule has 3 rings (SSSR count). The topological polar surface area (TPSA) is 68.1 Å². The average molecular weight is 324 g/mol. The Hall–Kier alpha value is -3.02. The van der Waals surface area contributed by atoms with E-state index < -0.39 is 0 Å². The molecule has 2 N–H and O–H groups in total. The first-order valence-corrected chi connectivity index (χ1v) is 7.77. The molecule has 0 saturated carbocycles. The van der Waals surface area contributed by atoms with Crippen molar-refractivity contribution in [2.45, 2.75) is 20.0 Å². The lowest BCUT2D eigenvalue weighted by atomic mass is 10.2. The molecule has 0 aliphatic heterocycles. The van der Waals surface area contributed by atoms with E-state index in [1.54, 1.807) is 0 Å². The number of aryl methyl sites for hydroxylation is 1. The van der Waals surface area contributed by atoms with Crippen molar-refractivity contribution in [1.82, 2.24) is 14.5 Å². The smallest absolute Gasteiger partial charge is 0.240 e. The molecule has 2 heterocycles. The quantitative estimate of drug-likeness (QED) is 0.756. The second-order valence-corrected chi connectivity index (χ2v) is 5.75. The Labute approximate surface area is 140 Å². The highest BCUT2D eigenvalue weighted by Crippen LogP contribution is 2.24. The Kier molecular flexibility index (Phi) is 4.37. The van der Waals surface area contributed by atoms with Gasteiger partial charge in [0.05, 0.1) is 17.7 Å². The van der Waals surface area contributed by atoms with E-state index in [1.165, 1.54) is 6.92 Å². The Morgan fingerprint density at radius 1 is 1.08 bits per heavy atom. The minimum Gasteiger partial charge on any atom is -0.353 e. The molecule has 0 aliphatic rings. The second kappa shape index (κ2) is 6.62. The lowest BCUT2D eigenvalue weighted by Crippen LogP contribution is -2.27. The van der Waals surface area contributed by atoms with Crippen LogP contribution in [0.1, 0.15) is 12.6 Å². The van der Waals surface area contributed by atoms with E-state index in [-0.39, 0.29) is 18.4 Å². The third-order valence-electron chi connectivity index (χ3n) is 3.96. The second-order valence-electron chi connectivity index (χ2n) is 5.75. The van der Waals surface area contributed by atoms with Gasteiger partial charge in [-0.1, -0.05) is 6.07 Å². The molecule has 2 aromatic heterocycles. The van der Waals surface area contributed by atoms with Gasteiger partial charge in [-0.2, -0.15) is 0 Å². The lowest BCUT2D eigenvalue weighted by molar-refractivity contribution is -0.121. The van der Waals surface area contributed by atoms with Crippen LogP contribution in [-0.2, 0) is 29.7 Å². The van der Waals surface area contributed by atoms with Crippen molar-refractivity contribution >= 4 is 28.4 Å². The van der Waals surface area contributed by atoms with Gasteiger partial charge in [-0.05, 0) is 30.3 Å². The summed E-state index contributed by atoms with van der Waals surface area (Å²) in [6.45, 7) is 2.21. The van der Waals surface area contributed by atoms with Crippen LogP contribution in [0.3, 0.4) is 0 Å². The third-order valence-corrected chi connectivity index (χ3v) is 3.96. The molecule has 0 radical (unpaired) electrons. The summed E-state index contributed by atoms with van der Waals surface area (Å²) < 4.78 is 3.85. The minimum absolute atomic E-state index is 0.0568. The molecule has 1 aromatic carbocycles. The van der Waals surface area contributed by atoms with Crippen molar-refractivity contribution in [2.75, 3.05) is 5.32 Å². The first-order valence-electron chi connectivity index (χ1n) is 7.77. The zero-order valence-corrected chi connectivity index (χ0v) is 13.7. The van der Waals surface area contributed by atoms with Gasteiger partial charge in [0.15, 0.2) is 0 Å². The van der Waals surface area contributed by atoms with Gasteiger partial charge in [0.2, 0.25) is 11.8 Å². The monoisotopic (exact) mass is 324 g/mol. The fourth-order valence-corrected chi connectivity index (χ4v) is 2.74. The van der Waals surface area contributed by atoms with Gasteiger partial charge < -0.3 is 19.8 Å². The molecule has 0 fully saturated rings. The van der Waals surface area contributed by atoms with E-state index in [2.05, 4.69) is 10.6 Å². The number of amides is 2. The van der Waals surface area contributed by atoms with Gasteiger partial charge in [-0.3, -0.25) is 9.59 Å². The van der Waals surface area contributed by atoms with Crippen molar-refractivity contribution in [3.8, 4) is 0 Å². The van der Waals surface area contributed by atoms with E-state index in [0.717, 1.165) is 22.3 Å². The Morgan fingerprint density at radius 2 is 1.92 bits per heavy atom. The number of carbonyl (C=O) groups is 2. The summed E-state index contributed by atoms with van der Waals surface area (Å²) in [7, 11) is 1.95. The van der Waals surface area contributed by atoms with Gasteiger partial charge in [0.25, 0.3) is 0 Å². The van der Waals surface area contributed by atoms with E-state index in [0.29, 0.717) is 6.54 Å². The number of carbonyl (C=O) groups excluding carboxylic acids is 2. The number of nitrogens with one attached hydrogen (secondary N) is 2. The summed E-state index contributed by atoms with van der Waals surface area (Å²) in [6, 6.07) is 11.5. The third kappa shape index (κ3) is 3.32. The van der Waals surface area contributed by atoms with Crippen LogP contribution in [0.5, 0.6) is 0 Å². The van der Waals surface area contributed by atoms with Crippen LogP contribution in [0, 0.1) is 0 Å². The number of hydrogen-bond donors (Lipinski definition) is 2. The molecule has 0 bridgehead atoms. The number of fused-ring (bicyclic) bond motifs is 1. The molecule has 6 nitrogen and oxygen atoms in total. The molecule has 0 unspecified atom stereocenters. The standard InChI is InChI=1S/C18H20N4O2/c1-13(23)20-16-6-3-7-17-15(16)8-10-22(17)12-18(24)19-11-14-5-4-9-21(14)2/h3-10H,11-12H2,1-2H3,(H,19,24)(H,20,23). The summed E-state index contributed by atoms with van der Waals surface area (Å²) in [4.78, 5) is 23.5. The van der Waals surface area contributed by atoms with Crippen LogP contribution in [-0.4, -0.2) is 20.9 Å². The Balaban J connectivity index is 1.72. The maximum Gasteiger partial charge on any atom is 0.240 e. The maximum atomic E-state index is 12.2. The largest absolute Gasteiger partial charge is 0.353 e. The van der Waals surface area contributed by atoms with E-state index >= 15 is 0 Å². The fourth-order valence-electron chi connectivity index (χ4n) is 2.74. The van der Waals surface area contributed by atoms with Crippen molar-refractivity contribution in [3.63, 3.8) is 0 Å². The summed E-state index contributed by atoms with van der Waals surface area (Å²) >= 11 is 0. The van der Waals surface area contributed by atoms with Crippen molar-refractivity contribution < 1.29 is 9.59 Å². The van der Waals surface area contributed by atoms with Crippen molar-refractivity contribution in [3.05, 3.63) is 54.5 Å². The van der Waals surface area contributed by atoms with Gasteiger partial charge in [0.1, 0.15) is 6.54 Å². The minimum atomic E-state index is -0.115. The van der Waals surface area contributed by atoms with E-state index in [4.69, 9.17) is 0 Å². The SMILES string of the molecule is CC(=O)Nc1cccc2c1ccn2CC(=O)NCc1cccn1C. The lowest BCUT2D eigenvalue weighted by Gasteiger charge is -2.09. The number of benzene rings is 1.